The van der Waals surface area contributed by atoms with Crippen molar-refractivity contribution in [3.8, 4) is 0 Å². The van der Waals surface area contributed by atoms with Crippen molar-refractivity contribution in [2.45, 2.75) is 31.7 Å². The van der Waals surface area contributed by atoms with Crippen molar-refractivity contribution in [1.29, 1.82) is 0 Å². The summed E-state index contributed by atoms with van der Waals surface area (Å²) in [6.45, 7) is 3.75. The molecule has 0 bridgehead atoms. The molecule has 0 aliphatic heterocycles. The highest BCUT2D eigenvalue weighted by Crippen LogP contribution is 2.32. The third kappa shape index (κ3) is 3.51. The van der Waals surface area contributed by atoms with Gasteiger partial charge in [-0.3, -0.25) is 0 Å². The number of aryl methyl sites for hydroxylation is 1. The van der Waals surface area contributed by atoms with Crippen molar-refractivity contribution in [2.24, 2.45) is 5.73 Å². The maximum atomic E-state index is 13.1. The largest absolute Gasteiger partial charge is 0.324 e. The van der Waals surface area contributed by atoms with Crippen LogP contribution in [0, 0.1) is 12.7 Å². The molecular formula is C14H21FN2. The number of halogens is 1. The molecule has 1 aliphatic rings. The van der Waals surface area contributed by atoms with E-state index in [9.17, 15) is 4.39 Å². The topological polar surface area (TPSA) is 29.3 Å². The van der Waals surface area contributed by atoms with E-state index in [4.69, 9.17) is 5.73 Å². The summed E-state index contributed by atoms with van der Waals surface area (Å²) in [7, 11) is 2.10. The minimum atomic E-state index is -0.124. The van der Waals surface area contributed by atoms with Crippen molar-refractivity contribution >= 4 is 0 Å². The molecule has 2 N–H and O–H groups in total. The summed E-state index contributed by atoms with van der Waals surface area (Å²) in [6.07, 6.45) is 3.24. The smallest absolute Gasteiger partial charge is 0.126 e. The van der Waals surface area contributed by atoms with Crippen LogP contribution in [0.25, 0.3) is 0 Å². The normalized spacial score (nSPS) is 17.5. The first-order chi connectivity index (χ1) is 7.98. The number of benzene rings is 1. The van der Waals surface area contributed by atoms with E-state index in [1.54, 1.807) is 6.07 Å². The van der Waals surface area contributed by atoms with Gasteiger partial charge in [-0.05, 0) is 50.4 Å². The van der Waals surface area contributed by atoms with E-state index in [0.717, 1.165) is 37.9 Å². The lowest BCUT2D eigenvalue weighted by Crippen LogP contribution is -2.38. The van der Waals surface area contributed by atoms with Gasteiger partial charge in [0.1, 0.15) is 5.82 Å². The van der Waals surface area contributed by atoms with E-state index in [-0.39, 0.29) is 11.4 Å². The van der Waals surface area contributed by atoms with Crippen LogP contribution in [0.2, 0.25) is 0 Å². The third-order valence-corrected chi connectivity index (χ3v) is 3.48. The van der Waals surface area contributed by atoms with Gasteiger partial charge in [-0.1, -0.05) is 12.1 Å². The van der Waals surface area contributed by atoms with Crippen molar-refractivity contribution in [3.05, 3.63) is 35.1 Å². The molecule has 0 atom stereocenters. The van der Waals surface area contributed by atoms with Crippen LogP contribution in [0.15, 0.2) is 18.2 Å². The zero-order valence-electron chi connectivity index (χ0n) is 10.7. The zero-order chi connectivity index (χ0) is 12.5. The number of rotatable bonds is 5. The second kappa shape index (κ2) is 4.75. The standard InChI is InChI=1S/C14H21FN2/c1-11-9-12(3-4-13(11)15)5-8-17(2)10-14(16)6-7-14/h3-4,9H,5-8,10,16H2,1-2H3. The molecule has 94 valence electrons. The quantitative estimate of drug-likeness (QED) is 0.848. The Bertz CT molecular complexity index is 399. The molecule has 1 fully saturated rings. The van der Waals surface area contributed by atoms with Gasteiger partial charge < -0.3 is 10.6 Å². The summed E-state index contributed by atoms with van der Waals surface area (Å²) in [6, 6.07) is 5.35. The second-order valence-electron chi connectivity index (χ2n) is 5.43. The predicted octanol–water partition coefficient (Wildman–Crippen LogP) is 2.10. The molecule has 0 aromatic heterocycles. The highest BCUT2D eigenvalue weighted by molar-refractivity contribution is 5.24. The Hall–Kier alpha value is -0.930. The van der Waals surface area contributed by atoms with Crippen LogP contribution >= 0.6 is 0 Å². The fourth-order valence-electron chi connectivity index (χ4n) is 2.12. The first kappa shape index (κ1) is 12.5. The number of nitrogens with two attached hydrogens (primary N) is 1. The Kier molecular flexibility index (Phi) is 3.50. The van der Waals surface area contributed by atoms with E-state index in [1.807, 2.05) is 19.1 Å². The molecule has 1 aliphatic carbocycles. The van der Waals surface area contributed by atoms with Gasteiger partial charge in [0.2, 0.25) is 0 Å². The highest BCUT2D eigenvalue weighted by Gasteiger charge is 2.38. The van der Waals surface area contributed by atoms with Crippen LogP contribution < -0.4 is 5.73 Å². The average molecular weight is 236 g/mol. The molecule has 0 unspecified atom stereocenters. The molecule has 0 amide bonds. The lowest BCUT2D eigenvalue weighted by atomic mass is 10.1. The summed E-state index contributed by atoms with van der Waals surface area (Å²) in [5.74, 6) is -0.124. The SMILES string of the molecule is Cc1cc(CCN(C)CC2(N)CC2)ccc1F. The fourth-order valence-corrected chi connectivity index (χ4v) is 2.12. The first-order valence-corrected chi connectivity index (χ1v) is 6.21. The van der Waals surface area contributed by atoms with E-state index < -0.39 is 0 Å². The van der Waals surface area contributed by atoms with Crippen LogP contribution in [0.1, 0.15) is 24.0 Å². The molecule has 0 spiro atoms. The van der Waals surface area contributed by atoms with Gasteiger partial charge in [-0.15, -0.1) is 0 Å². The van der Waals surface area contributed by atoms with Gasteiger partial charge in [0.25, 0.3) is 0 Å². The predicted molar refractivity (Wildman–Crippen MR) is 68.5 cm³/mol. The maximum Gasteiger partial charge on any atom is 0.126 e. The molecule has 0 saturated heterocycles. The summed E-state index contributed by atoms with van der Waals surface area (Å²) < 4.78 is 13.1. The van der Waals surface area contributed by atoms with Crippen molar-refractivity contribution < 1.29 is 4.39 Å². The summed E-state index contributed by atoms with van der Waals surface area (Å²) in [5.41, 5.74) is 8.06. The lowest BCUT2D eigenvalue weighted by molar-refractivity contribution is 0.306. The van der Waals surface area contributed by atoms with E-state index in [0.29, 0.717) is 0 Å². The number of nitrogens with zero attached hydrogens (tertiary/aromatic N) is 1. The van der Waals surface area contributed by atoms with E-state index in [2.05, 4.69) is 11.9 Å². The molecule has 0 radical (unpaired) electrons. The summed E-state index contributed by atoms with van der Waals surface area (Å²) >= 11 is 0. The van der Waals surface area contributed by atoms with Crippen LogP contribution in [-0.4, -0.2) is 30.6 Å². The van der Waals surface area contributed by atoms with Gasteiger partial charge in [-0.2, -0.15) is 0 Å². The molecule has 17 heavy (non-hydrogen) atoms. The van der Waals surface area contributed by atoms with Crippen LogP contribution in [-0.2, 0) is 6.42 Å². The van der Waals surface area contributed by atoms with Crippen molar-refractivity contribution in [1.82, 2.24) is 4.90 Å². The van der Waals surface area contributed by atoms with Gasteiger partial charge in [0.15, 0.2) is 0 Å². The van der Waals surface area contributed by atoms with Crippen molar-refractivity contribution in [2.75, 3.05) is 20.1 Å². The Morgan fingerprint density at radius 2 is 2.12 bits per heavy atom. The monoisotopic (exact) mass is 236 g/mol. The number of likely N-dealkylation sites (N-methyl/N-ethyl adjacent to an activating group) is 1. The minimum absolute atomic E-state index is 0.0768. The highest BCUT2D eigenvalue weighted by atomic mass is 19.1. The van der Waals surface area contributed by atoms with Crippen LogP contribution in [0.4, 0.5) is 4.39 Å². The number of hydrogen-bond donors (Lipinski definition) is 1. The van der Waals surface area contributed by atoms with Crippen LogP contribution in [0.3, 0.4) is 0 Å². The summed E-state index contributed by atoms with van der Waals surface area (Å²) in [5, 5.41) is 0. The molecule has 1 aromatic rings. The van der Waals surface area contributed by atoms with E-state index >= 15 is 0 Å². The second-order valence-corrected chi connectivity index (χ2v) is 5.43. The van der Waals surface area contributed by atoms with Gasteiger partial charge in [0, 0.05) is 18.6 Å². The Morgan fingerprint density at radius 1 is 1.41 bits per heavy atom. The minimum Gasteiger partial charge on any atom is -0.324 e. The van der Waals surface area contributed by atoms with Crippen molar-refractivity contribution in [3.63, 3.8) is 0 Å². The molecule has 2 nitrogen and oxygen atoms in total. The Morgan fingerprint density at radius 3 is 2.71 bits per heavy atom. The molecule has 2 rings (SSSR count). The lowest BCUT2D eigenvalue weighted by Gasteiger charge is -2.20. The molecule has 0 heterocycles. The molecule has 1 saturated carbocycles. The zero-order valence-corrected chi connectivity index (χ0v) is 10.7. The average Bonchev–Trinajstić information content (AvgIpc) is 2.98. The van der Waals surface area contributed by atoms with Gasteiger partial charge >= 0.3 is 0 Å². The van der Waals surface area contributed by atoms with Gasteiger partial charge in [0.05, 0.1) is 0 Å². The van der Waals surface area contributed by atoms with Crippen LogP contribution in [0.5, 0.6) is 0 Å². The fraction of sp³-hybridized carbons (Fsp3) is 0.571. The number of hydrogen-bond acceptors (Lipinski definition) is 2. The van der Waals surface area contributed by atoms with E-state index in [1.165, 1.54) is 5.56 Å². The molecule has 3 heteroatoms. The molecule has 1 aromatic carbocycles. The molecular weight excluding hydrogens is 215 g/mol. The maximum absolute atomic E-state index is 13.1. The summed E-state index contributed by atoms with van der Waals surface area (Å²) in [4.78, 5) is 2.27. The Balaban J connectivity index is 1.82. The van der Waals surface area contributed by atoms with Gasteiger partial charge in [-0.25, -0.2) is 4.39 Å². The third-order valence-electron chi connectivity index (χ3n) is 3.48. The first-order valence-electron chi connectivity index (χ1n) is 6.21. The Labute approximate surface area is 103 Å².